The number of hydrogen-bond acceptors (Lipinski definition) is 4. The molecular formula is C10H8N2O4. The lowest BCUT2D eigenvalue weighted by molar-refractivity contribution is 0.0681. The summed E-state index contributed by atoms with van der Waals surface area (Å²) in [4.78, 5) is 26.4. The molecular weight excluding hydrogens is 212 g/mol. The minimum absolute atomic E-state index is 0.00278. The highest BCUT2D eigenvalue weighted by atomic mass is 16.4. The van der Waals surface area contributed by atoms with Crippen LogP contribution in [0.4, 0.5) is 0 Å². The van der Waals surface area contributed by atoms with Gasteiger partial charge in [0, 0.05) is 13.2 Å². The monoisotopic (exact) mass is 220 g/mol. The molecule has 6 nitrogen and oxygen atoms in total. The van der Waals surface area contributed by atoms with Gasteiger partial charge in [0.05, 0.1) is 5.39 Å². The van der Waals surface area contributed by atoms with Crippen LogP contribution in [0.2, 0.25) is 0 Å². The van der Waals surface area contributed by atoms with Gasteiger partial charge in [0.2, 0.25) is 0 Å². The third-order valence-corrected chi connectivity index (χ3v) is 2.33. The summed E-state index contributed by atoms with van der Waals surface area (Å²) in [7, 11) is 1.29. The predicted molar refractivity (Wildman–Crippen MR) is 55.6 cm³/mol. The van der Waals surface area contributed by atoms with Gasteiger partial charge in [0.15, 0.2) is 11.4 Å². The van der Waals surface area contributed by atoms with Gasteiger partial charge in [-0.3, -0.25) is 9.78 Å². The lowest BCUT2D eigenvalue weighted by Gasteiger charge is -2.08. The van der Waals surface area contributed by atoms with Gasteiger partial charge >= 0.3 is 5.97 Å². The molecule has 2 aromatic rings. The predicted octanol–water partition coefficient (Wildman–Crippen LogP) is 0.337. The highest BCUT2D eigenvalue weighted by molar-refractivity contribution is 5.96. The summed E-state index contributed by atoms with van der Waals surface area (Å²) in [6, 6.07) is 3.03. The number of aromatic nitrogens is 2. The average Bonchev–Trinajstić information content (AvgIpc) is 2.26. The van der Waals surface area contributed by atoms with Gasteiger partial charge < -0.3 is 14.8 Å². The Bertz CT molecular complexity index is 645. The van der Waals surface area contributed by atoms with Crippen molar-refractivity contribution >= 4 is 16.9 Å². The maximum absolute atomic E-state index is 11.8. The molecule has 0 aliphatic rings. The van der Waals surface area contributed by atoms with Crippen LogP contribution in [0.1, 0.15) is 10.5 Å². The fourth-order valence-electron chi connectivity index (χ4n) is 1.56. The second-order valence-corrected chi connectivity index (χ2v) is 3.27. The van der Waals surface area contributed by atoms with Crippen LogP contribution in [0.5, 0.6) is 5.75 Å². The Morgan fingerprint density at radius 3 is 2.81 bits per heavy atom. The van der Waals surface area contributed by atoms with Crippen molar-refractivity contribution in [3.05, 3.63) is 34.4 Å². The number of aromatic hydroxyl groups is 1. The largest absolute Gasteiger partial charge is 0.504 e. The number of carboxylic acid groups (broad SMARTS) is 1. The molecule has 0 saturated heterocycles. The van der Waals surface area contributed by atoms with Crippen LogP contribution < -0.4 is 5.56 Å². The lowest BCUT2D eigenvalue weighted by Crippen LogP contribution is -2.23. The highest BCUT2D eigenvalue weighted by Gasteiger charge is 2.19. The van der Waals surface area contributed by atoms with Crippen molar-refractivity contribution in [2.75, 3.05) is 0 Å². The molecule has 2 N–H and O–H groups in total. The Hall–Kier alpha value is -2.37. The number of hydrogen-bond donors (Lipinski definition) is 2. The first-order chi connectivity index (χ1) is 7.54. The molecule has 0 spiro atoms. The van der Waals surface area contributed by atoms with E-state index in [4.69, 9.17) is 5.11 Å². The smallest absolute Gasteiger partial charge is 0.356 e. The highest BCUT2D eigenvalue weighted by Crippen LogP contribution is 2.23. The zero-order valence-corrected chi connectivity index (χ0v) is 8.34. The fourth-order valence-corrected chi connectivity index (χ4v) is 1.56. The van der Waals surface area contributed by atoms with Crippen molar-refractivity contribution in [1.82, 2.24) is 9.55 Å². The van der Waals surface area contributed by atoms with Crippen LogP contribution >= 0.6 is 0 Å². The Kier molecular flexibility index (Phi) is 2.12. The number of aromatic carboxylic acids is 1. The Balaban J connectivity index is 3.07. The summed E-state index contributed by atoms with van der Waals surface area (Å²) in [5.74, 6) is -1.87. The van der Waals surface area contributed by atoms with Crippen molar-refractivity contribution in [1.29, 1.82) is 0 Å². The third kappa shape index (κ3) is 1.23. The van der Waals surface area contributed by atoms with E-state index in [-0.39, 0.29) is 10.9 Å². The quantitative estimate of drug-likeness (QED) is 0.722. The minimum Gasteiger partial charge on any atom is -0.504 e. The molecule has 0 aliphatic heterocycles. The maximum Gasteiger partial charge on any atom is 0.356 e. The molecule has 82 valence electrons. The molecule has 0 bridgehead atoms. The van der Waals surface area contributed by atoms with E-state index in [0.717, 1.165) is 4.57 Å². The van der Waals surface area contributed by atoms with Crippen molar-refractivity contribution in [3.63, 3.8) is 0 Å². The standard InChI is InChI=1S/C10H8N2O4/c1-12-7(10(15)16)8(13)6-5(9(12)14)3-2-4-11-6/h2-4,13H,1H3,(H,15,16). The van der Waals surface area contributed by atoms with E-state index < -0.39 is 23.0 Å². The number of fused-ring (bicyclic) bond motifs is 1. The molecule has 0 fully saturated rings. The first-order valence-corrected chi connectivity index (χ1v) is 4.44. The Labute approximate surface area is 89.4 Å². The summed E-state index contributed by atoms with van der Waals surface area (Å²) >= 11 is 0. The van der Waals surface area contributed by atoms with Crippen molar-refractivity contribution < 1.29 is 15.0 Å². The molecule has 2 rings (SSSR count). The fraction of sp³-hybridized carbons (Fsp3) is 0.100. The van der Waals surface area contributed by atoms with Crippen LogP contribution in [0.3, 0.4) is 0 Å². The molecule has 0 saturated carbocycles. The third-order valence-electron chi connectivity index (χ3n) is 2.33. The maximum atomic E-state index is 11.8. The number of carbonyl (C=O) groups is 1. The van der Waals surface area contributed by atoms with Crippen LogP contribution in [0.15, 0.2) is 23.1 Å². The van der Waals surface area contributed by atoms with Gasteiger partial charge in [-0.1, -0.05) is 0 Å². The molecule has 0 amide bonds. The zero-order valence-electron chi connectivity index (χ0n) is 8.34. The average molecular weight is 220 g/mol. The summed E-state index contributed by atoms with van der Waals surface area (Å²) in [6.07, 6.45) is 1.38. The van der Waals surface area contributed by atoms with Gasteiger partial charge in [0.1, 0.15) is 5.52 Å². The van der Waals surface area contributed by atoms with Crippen molar-refractivity contribution in [2.45, 2.75) is 0 Å². The molecule has 0 aliphatic carbocycles. The SMILES string of the molecule is Cn1c(C(=O)O)c(O)c2ncccc2c1=O. The van der Waals surface area contributed by atoms with E-state index in [0.29, 0.717) is 0 Å². The number of rotatable bonds is 1. The van der Waals surface area contributed by atoms with Gasteiger partial charge in [-0.25, -0.2) is 4.79 Å². The number of nitrogens with zero attached hydrogens (tertiary/aromatic N) is 2. The van der Waals surface area contributed by atoms with Gasteiger partial charge in [0.25, 0.3) is 5.56 Å². The van der Waals surface area contributed by atoms with E-state index >= 15 is 0 Å². The summed E-state index contributed by atoms with van der Waals surface area (Å²) in [6.45, 7) is 0. The second kappa shape index (κ2) is 3.34. The summed E-state index contributed by atoms with van der Waals surface area (Å²) in [5, 5.41) is 18.8. The van der Waals surface area contributed by atoms with E-state index in [1.54, 1.807) is 6.07 Å². The Morgan fingerprint density at radius 1 is 1.50 bits per heavy atom. The van der Waals surface area contributed by atoms with Crippen LogP contribution in [-0.4, -0.2) is 25.7 Å². The molecule has 2 heterocycles. The molecule has 0 aromatic carbocycles. The van der Waals surface area contributed by atoms with Gasteiger partial charge in [-0.05, 0) is 12.1 Å². The number of carboxylic acids is 1. The topological polar surface area (TPSA) is 92.4 Å². The summed E-state index contributed by atoms with van der Waals surface area (Å²) < 4.78 is 0.891. The zero-order chi connectivity index (χ0) is 11.9. The van der Waals surface area contributed by atoms with E-state index in [1.165, 1.54) is 19.3 Å². The van der Waals surface area contributed by atoms with Crippen LogP contribution in [0.25, 0.3) is 10.9 Å². The molecule has 0 atom stereocenters. The van der Waals surface area contributed by atoms with Gasteiger partial charge in [-0.2, -0.15) is 0 Å². The van der Waals surface area contributed by atoms with E-state index in [1.807, 2.05) is 0 Å². The molecule has 6 heteroatoms. The van der Waals surface area contributed by atoms with Crippen molar-refractivity contribution in [2.24, 2.45) is 7.05 Å². The minimum atomic E-state index is -1.37. The molecule has 0 unspecified atom stereocenters. The normalized spacial score (nSPS) is 10.6. The van der Waals surface area contributed by atoms with Crippen LogP contribution in [-0.2, 0) is 7.05 Å². The first-order valence-electron chi connectivity index (χ1n) is 4.44. The molecule has 16 heavy (non-hydrogen) atoms. The molecule has 2 aromatic heterocycles. The summed E-state index contributed by atoms with van der Waals surface area (Å²) in [5.41, 5.74) is -0.961. The van der Waals surface area contributed by atoms with Gasteiger partial charge in [-0.15, -0.1) is 0 Å². The van der Waals surface area contributed by atoms with E-state index in [9.17, 15) is 14.7 Å². The lowest BCUT2D eigenvalue weighted by atomic mass is 10.2. The van der Waals surface area contributed by atoms with Crippen LogP contribution in [0, 0.1) is 0 Å². The van der Waals surface area contributed by atoms with E-state index in [2.05, 4.69) is 4.98 Å². The second-order valence-electron chi connectivity index (χ2n) is 3.27. The first kappa shape index (κ1) is 10.2. The molecule has 0 radical (unpaired) electrons. The number of pyridine rings is 2. The van der Waals surface area contributed by atoms with Crippen molar-refractivity contribution in [3.8, 4) is 5.75 Å². The Morgan fingerprint density at radius 2 is 2.19 bits per heavy atom.